The monoisotopic (exact) mass is 303 g/mol. The predicted octanol–water partition coefficient (Wildman–Crippen LogP) is 2.49. The summed E-state index contributed by atoms with van der Waals surface area (Å²) in [6.45, 7) is 6.45. The van der Waals surface area contributed by atoms with Crippen LogP contribution in [0.4, 0.5) is 0 Å². The maximum Gasteiger partial charge on any atom is 0.252 e. The van der Waals surface area contributed by atoms with Crippen molar-refractivity contribution in [3.8, 4) is 0 Å². The highest BCUT2D eigenvalue weighted by Crippen LogP contribution is 2.28. The van der Waals surface area contributed by atoms with Crippen LogP contribution in [0.1, 0.15) is 24.6 Å². The lowest BCUT2D eigenvalue weighted by molar-refractivity contribution is 0.0864. The molecule has 0 aromatic carbocycles. The van der Waals surface area contributed by atoms with Crippen LogP contribution in [-0.2, 0) is 14.8 Å². The molecule has 0 radical (unpaired) electrons. The van der Waals surface area contributed by atoms with E-state index in [0.29, 0.717) is 36.4 Å². The van der Waals surface area contributed by atoms with Gasteiger partial charge < -0.3 is 4.74 Å². The third-order valence-electron chi connectivity index (χ3n) is 3.35. The molecule has 0 amide bonds. The van der Waals surface area contributed by atoms with Crippen molar-refractivity contribution in [2.24, 2.45) is 5.92 Å². The molecule has 6 heteroatoms. The maximum atomic E-state index is 12.5. The van der Waals surface area contributed by atoms with Gasteiger partial charge in [0, 0.05) is 24.6 Å². The lowest BCUT2D eigenvalue weighted by Crippen LogP contribution is -2.40. The van der Waals surface area contributed by atoms with Crippen molar-refractivity contribution < 1.29 is 13.2 Å². The van der Waals surface area contributed by atoms with E-state index < -0.39 is 10.0 Å². The van der Waals surface area contributed by atoms with E-state index >= 15 is 0 Å². The molecule has 1 atom stereocenters. The molecule has 0 saturated carbocycles. The number of rotatable bonds is 5. The topological polar surface area (TPSA) is 46.6 Å². The molecule has 4 nitrogen and oxygen atoms in total. The lowest BCUT2D eigenvalue weighted by atomic mass is 10.0. The minimum absolute atomic E-state index is 0.324. The summed E-state index contributed by atoms with van der Waals surface area (Å²) in [6, 6.07) is 3.57. The van der Waals surface area contributed by atoms with Crippen molar-refractivity contribution in [2.75, 3.05) is 26.3 Å². The summed E-state index contributed by atoms with van der Waals surface area (Å²) in [5.41, 5.74) is 0. The Bertz CT molecular complexity index is 510. The first-order chi connectivity index (χ1) is 9.04. The first-order valence-corrected chi connectivity index (χ1v) is 8.94. The van der Waals surface area contributed by atoms with Gasteiger partial charge in [-0.25, -0.2) is 8.42 Å². The maximum absolute atomic E-state index is 12.5. The van der Waals surface area contributed by atoms with E-state index in [9.17, 15) is 8.42 Å². The van der Waals surface area contributed by atoms with E-state index in [4.69, 9.17) is 4.74 Å². The van der Waals surface area contributed by atoms with Crippen LogP contribution in [0.2, 0.25) is 0 Å². The van der Waals surface area contributed by atoms with Gasteiger partial charge in [-0.1, -0.05) is 0 Å². The Labute approximate surface area is 119 Å². The van der Waals surface area contributed by atoms with Crippen molar-refractivity contribution in [1.29, 1.82) is 0 Å². The van der Waals surface area contributed by atoms with E-state index in [0.717, 1.165) is 17.7 Å². The van der Waals surface area contributed by atoms with Gasteiger partial charge in [0.25, 0.3) is 10.0 Å². The van der Waals surface area contributed by atoms with Crippen molar-refractivity contribution >= 4 is 21.4 Å². The molecule has 0 aliphatic carbocycles. The van der Waals surface area contributed by atoms with Crippen molar-refractivity contribution in [1.82, 2.24) is 4.31 Å². The molecule has 19 heavy (non-hydrogen) atoms. The molecule has 2 rings (SSSR count). The highest BCUT2D eigenvalue weighted by atomic mass is 32.2. The molecule has 1 aliphatic heterocycles. The van der Waals surface area contributed by atoms with Crippen LogP contribution >= 0.6 is 11.3 Å². The molecule has 1 unspecified atom stereocenters. The van der Waals surface area contributed by atoms with E-state index in [1.807, 2.05) is 19.9 Å². The van der Waals surface area contributed by atoms with Crippen LogP contribution < -0.4 is 0 Å². The first kappa shape index (κ1) is 15.0. The van der Waals surface area contributed by atoms with Crippen LogP contribution in [0, 0.1) is 12.8 Å². The number of sulfonamides is 1. The zero-order valence-electron chi connectivity index (χ0n) is 11.5. The number of piperidine rings is 1. The molecule has 0 N–H and O–H groups in total. The van der Waals surface area contributed by atoms with E-state index in [1.165, 1.54) is 11.3 Å². The second-order valence-electron chi connectivity index (χ2n) is 4.90. The zero-order chi connectivity index (χ0) is 13.9. The van der Waals surface area contributed by atoms with E-state index in [1.54, 1.807) is 10.4 Å². The fraction of sp³-hybridized carbons (Fsp3) is 0.692. The minimum atomic E-state index is -3.30. The molecule has 1 fully saturated rings. The molecule has 2 heterocycles. The van der Waals surface area contributed by atoms with Crippen LogP contribution in [-0.4, -0.2) is 39.0 Å². The second-order valence-corrected chi connectivity index (χ2v) is 8.35. The fourth-order valence-electron chi connectivity index (χ4n) is 2.34. The Morgan fingerprint density at radius 1 is 1.47 bits per heavy atom. The van der Waals surface area contributed by atoms with Crippen LogP contribution in [0.5, 0.6) is 0 Å². The Kier molecular flexibility index (Phi) is 5.00. The van der Waals surface area contributed by atoms with Gasteiger partial charge in [-0.3, -0.25) is 0 Å². The molecule has 1 saturated heterocycles. The van der Waals surface area contributed by atoms with Crippen LogP contribution in [0.15, 0.2) is 16.3 Å². The van der Waals surface area contributed by atoms with E-state index in [2.05, 4.69) is 0 Å². The number of nitrogens with zero attached hydrogens (tertiary/aromatic N) is 1. The third kappa shape index (κ3) is 3.56. The molecule has 0 bridgehead atoms. The number of hydrogen-bond donors (Lipinski definition) is 0. The largest absolute Gasteiger partial charge is 0.381 e. The molecular formula is C13H21NO3S2. The molecule has 1 aliphatic rings. The van der Waals surface area contributed by atoms with E-state index in [-0.39, 0.29) is 0 Å². The normalized spacial score (nSPS) is 21.7. The summed E-state index contributed by atoms with van der Waals surface area (Å²) >= 11 is 1.35. The molecule has 1 aromatic heterocycles. The summed E-state index contributed by atoms with van der Waals surface area (Å²) in [5.74, 6) is 0.324. The fourth-order valence-corrected chi connectivity index (χ4v) is 5.34. The highest BCUT2D eigenvalue weighted by Gasteiger charge is 2.31. The van der Waals surface area contributed by atoms with Gasteiger partial charge in [-0.15, -0.1) is 11.3 Å². The van der Waals surface area contributed by atoms with Gasteiger partial charge in [0.2, 0.25) is 0 Å². The average molecular weight is 303 g/mol. The number of ether oxygens (including phenoxy) is 1. The second kappa shape index (κ2) is 6.35. The molecule has 1 aromatic rings. The summed E-state index contributed by atoms with van der Waals surface area (Å²) in [4.78, 5) is 1.03. The first-order valence-electron chi connectivity index (χ1n) is 6.68. The minimum Gasteiger partial charge on any atom is -0.381 e. The standard InChI is InChI=1S/C13H21NO3S2/c1-3-17-10-12-5-4-8-14(9-12)19(15,16)13-7-6-11(2)18-13/h6-7,12H,3-5,8-10H2,1-2H3. The third-order valence-corrected chi connectivity index (χ3v) is 6.68. The predicted molar refractivity (Wildman–Crippen MR) is 77.0 cm³/mol. The van der Waals surface area contributed by atoms with Crippen LogP contribution in [0.25, 0.3) is 0 Å². The van der Waals surface area contributed by atoms with Crippen molar-refractivity contribution in [3.05, 3.63) is 17.0 Å². The van der Waals surface area contributed by atoms with Crippen LogP contribution in [0.3, 0.4) is 0 Å². The zero-order valence-corrected chi connectivity index (χ0v) is 13.1. The lowest BCUT2D eigenvalue weighted by Gasteiger charge is -2.31. The van der Waals surface area contributed by atoms with Gasteiger partial charge in [-0.2, -0.15) is 4.31 Å². The summed E-state index contributed by atoms with van der Waals surface area (Å²) < 4.78 is 32.5. The highest BCUT2D eigenvalue weighted by molar-refractivity contribution is 7.91. The number of hydrogen-bond acceptors (Lipinski definition) is 4. The van der Waals surface area contributed by atoms with Gasteiger partial charge in [0.05, 0.1) is 6.61 Å². The molecule has 0 spiro atoms. The Balaban J connectivity index is 2.08. The average Bonchev–Trinajstić information content (AvgIpc) is 2.84. The number of aryl methyl sites for hydroxylation is 1. The van der Waals surface area contributed by atoms with Crippen molar-refractivity contribution in [2.45, 2.75) is 30.9 Å². The molecular weight excluding hydrogens is 282 g/mol. The Morgan fingerprint density at radius 3 is 2.89 bits per heavy atom. The summed E-state index contributed by atoms with van der Waals surface area (Å²) in [7, 11) is -3.30. The quantitative estimate of drug-likeness (QED) is 0.839. The molecule has 108 valence electrons. The van der Waals surface area contributed by atoms with Gasteiger partial charge >= 0.3 is 0 Å². The Hall–Kier alpha value is -0.430. The summed E-state index contributed by atoms with van der Waals surface area (Å²) in [6.07, 6.45) is 1.97. The smallest absolute Gasteiger partial charge is 0.252 e. The van der Waals surface area contributed by atoms with Crippen molar-refractivity contribution in [3.63, 3.8) is 0 Å². The van der Waals surface area contributed by atoms with Gasteiger partial charge in [0.1, 0.15) is 4.21 Å². The SMILES string of the molecule is CCOCC1CCCN(S(=O)(=O)c2ccc(C)s2)C1. The summed E-state index contributed by atoms with van der Waals surface area (Å²) in [5, 5.41) is 0. The van der Waals surface area contributed by atoms with Gasteiger partial charge in [-0.05, 0) is 44.7 Å². The number of thiophene rings is 1. The van der Waals surface area contributed by atoms with Gasteiger partial charge in [0.15, 0.2) is 0 Å². The Morgan fingerprint density at radius 2 is 2.26 bits per heavy atom.